The molecule has 0 N–H and O–H groups in total. The minimum Gasteiger partial charge on any atom is -0.353 e. The van der Waals surface area contributed by atoms with E-state index in [1.54, 1.807) is 14.2 Å². The highest BCUT2D eigenvalue weighted by molar-refractivity contribution is 4.69. The van der Waals surface area contributed by atoms with Crippen molar-refractivity contribution in [1.29, 1.82) is 0 Å². The fourth-order valence-electron chi connectivity index (χ4n) is 2.41. The molecule has 0 aromatic heterocycles. The van der Waals surface area contributed by atoms with E-state index in [0.29, 0.717) is 0 Å². The van der Waals surface area contributed by atoms with Crippen LogP contribution in [0.15, 0.2) is 0 Å². The molecule has 18 heavy (non-hydrogen) atoms. The predicted molar refractivity (Wildman–Crippen MR) is 78.9 cm³/mol. The van der Waals surface area contributed by atoms with Crippen molar-refractivity contribution in [2.24, 2.45) is 0 Å². The molecule has 0 aliphatic heterocycles. The van der Waals surface area contributed by atoms with E-state index in [0.717, 1.165) is 12.8 Å². The average Bonchev–Trinajstić information content (AvgIpc) is 2.42. The smallest absolute Gasteiger partial charge is 0.167 e. The zero-order valence-electron chi connectivity index (χ0n) is 13.1. The Bertz CT molecular complexity index is 164. The monoisotopic (exact) mass is 258 g/mol. The molecular weight excluding hydrogens is 224 g/mol. The second-order valence-electron chi connectivity index (χ2n) is 5.29. The fraction of sp³-hybridized carbons (Fsp3) is 1.00. The van der Waals surface area contributed by atoms with Gasteiger partial charge < -0.3 is 9.47 Å². The zero-order chi connectivity index (χ0) is 13.7. The highest BCUT2D eigenvalue weighted by Crippen LogP contribution is 2.26. The van der Waals surface area contributed by atoms with Crippen molar-refractivity contribution in [2.75, 3.05) is 14.2 Å². The second-order valence-corrected chi connectivity index (χ2v) is 5.29. The summed E-state index contributed by atoms with van der Waals surface area (Å²) in [7, 11) is 3.56. The third kappa shape index (κ3) is 8.10. The maximum atomic E-state index is 5.61. The van der Waals surface area contributed by atoms with Gasteiger partial charge in [-0.1, -0.05) is 58.8 Å². The Hall–Kier alpha value is -0.0800. The lowest BCUT2D eigenvalue weighted by Crippen LogP contribution is -2.33. The normalized spacial score (nSPS) is 12.0. The summed E-state index contributed by atoms with van der Waals surface area (Å²) in [6.45, 7) is 4.48. The summed E-state index contributed by atoms with van der Waals surface area (Å²) in [6.07, 6.45) is 13.8. The van der Waals surface area contributed by atoms with Crippen molar-refractivity contribution in [3.63, 3.8) is 0 Å². The molecule has 2 heteroatoms. The van der Waals surface area contributed by atoms with Gasteiger partial charge in [0.15, 0.2) is 5.79 Å². The first kappa shape index (κ1) is 17.9. The van der Waals surface area contributed by atoms with Crippen molar-refractivity contribution in [3.8, 4) is 0 Å². The first-order valence-corrected chi connectivity index (χ1v) is 7.85. The molecule has 0 saturated heterocycles. The van der Waals surface area contributed by atoms with Crippen molar-refractivity contribution >= 4 is 0 Å². The van der Waals surface area contributed by atoms with E-state index in [2.05, 4.69) is 13.8 Å². The topological polar surface area (TPSA) is 18.5 Å². The number of hydrogen-bond donors (Lipinski definition) is 0. The summed E-state index contributed by atoms with van der Waals surface area (Å²) >= 11 is 0. The van der Waals surface area contributed by atoms with E-state index in [4.69, 9.17) is 9.47 Å². The Morgan fingerprint density at radius 2 is 1.06 bits per heavy atom. The van der Waals surface area contributed by atoms with Crippen molar-refractivity contribution in [2.45, 2.75) is 90.3 Å². The Kier molecular flexibility index (Phi) is 11.9. The van der Waals surface area contributed by atoms with Gasteiger partial charge in [0.25, 0.3) is 0 Å². The van der Waals surface area contributed by atoms with Crippen LogP contribution in [0.25, 0.3) is 0 Å². The van der Waals surface area contributed by atoms with Gasteiger partial charge >= 0.3 is 0 Å². The molecule has 0 aliphatic carbocycles. The molecule has 0 atom stereocenters. The summed E-state index contributed by atoms with van der Waals surface area (Å²) in [5.41, 5.74) is 0. The molecule has 110 valence electrons. The standard InChI is InChI=1S/C16H34O2/c1-5-7-9-10-11-12-13-15-16(17-3,18-4)14-8-6-2/h5-15H2,1-4H3. The van der Waals surface area contributed by atoms with E-state index >= 15 is 0 Å². The summed E-state index contributed by atoms with van der Waals surface area (Å²) in [5.74, 6) is -0.320. The van der Waals surface area contributed by atoms with Crippen molar-refractivity contribution in [1.82, 2.24) is 0 Å². The third-order valence-corrected chi connectivity index (χ3v) is 3.82. The minimum atomic E-state index is -0.320. The van der Waals surface area contributed by atoms with Crippen LogP contribution in [0.2, 0.25) is 0 Å². The van der Waals surface area contributed by atoms with Gasteiger partial charge in [0.05, 0.1) is 0 Å². The predicted octanol–water partition coefficient (Wildman–Crippen LogP) is 5.31. The molecule has 0 spiro atoms. The lowest BCUT2D eigenvalue weighted by molar-refractivity contribution is -0.216. The summed E-state index contributed by atoms with van der Waals surface area (Å²) < 4.78 is 11.2. The van der Waals surface area contributed by atoms with Crippen LogP contribution in [0, 0.1) is 0 Å². The number of hydrogen-bond acceptors (Lipinski definition) is 2. The Morgan fingerprint density at radius 1 is 0.611 bits per heavy atom. The molecule has 0 aromatic rings. The lowest BCUT2D eigenvalue weighted by Gasteiger charge is -2.31. The molecule has 0 saturated carbocycles. The van der Waals surface area contributed by atoms with E-state index < -0.39 is 0 Å². The fourth-order valence-corrected chi connectivity index (χ4v) is 2.41. The quantitative estimate of drug-likeness (QED) is 0.329. The SMILES string of the molecule is CCCCCCCCCC(CCCC)(OC)OC. The first-order chi connectivity index (χ1) is 8.74. The van der Waals surface area contributed by atoms with Gasteiger partial charge in [0.1, 0.15) is 0 Å². The average molecular weight is 258 g/mol. The van der Waals surface area contributed by atoms with Gasteiger partial charge in [-0.15, -0.1) is 0 Å². The van der Waals surface area contributed by atoms with E-state index in [1.807, 2.05) is 0 Å². The largest absolute Gasteiger partial charge is 0.353 e. The van der Waals surface area contributed by atoms with Gasteiger partial charge in [0.2, 0.25) is 0 Å². The molecule has 0 unspecified atom stereocenters. The van der Waals surface area contributed by atoms with Gasteiger partial charge in [-0.25, -0.2) is 0 Å². The van der Waals surface area contributed by atoms with Crippen LogP contribution in [-0.2, 0) is 9.47 Å². The maximum absolute atomic E-state index is 5.61. The first-order valence-electron chi connectivity index (χ1n) is 7.85. The van der Waals surface area contributed by atoms with Crippen molar-refractivity contribution in [3.05, 3.63) is 0 Å². The van der Waals surface area contributed by atoms with Crippen LogP contribution in [0.1, 0.15) is 84.5 Å². The molecule has 0 radical (unpaired) electrons. The molecule has 0 bridgehead atoms. The second kappa shape index (κ2) is 12.0. The zero-order valence-corrected chi connectivity index (χ0v) is 13.1. The van der Waals surface area contributed by atoms with Crippen LogP contribution >= 0.6 is 0 Å². The maximum Gasteiger partial charge on any atom is 0.167 e. The lowest BCUT2D eigenvalue weighted by atomic mass is 10.00. The number of unbranched alkanes of at least 4 members (excludes halogenated alkanes) is 7. The Morgan fingerprint density at radius 3 is 1.56 bits per heavy atom. The Labute approximate surface area is 114 Å². The molecule has 0 aliphatic rings. The summed E-state index contributed by atoms with van der Waals surface area (Å²) in [6, 6.07) is 0. The Balaban J connectivity index is 3.69. The van der Waals surface area contributed by atoms with E-state index in [1.165, 1.54) is 57.8 Å². The molecule has 0 rings (SSSR count). The molecule has 0 heterocycles. The molecule has 2 nitrogen and oxygen atoms in total. The van der Waals surface area contributed by atoms with E-state index in [9.17, 15) is 0 Å². The minimum absolute atomic E-state index is 0.320. The number of methoxy groups -OCH3 is 2. The van der Waals surface area contributed by atoms with Crippen LogP contribution in [0.4, 0.5) is 0 Å². The highest BCUT2D eigenvalue weighted by Gasteiger charge is 2.27. The third-order valence-electron chi connectivity index (χ3n) is 3.82. The molecule has 0 aromatic carbocycles. The van der Waals surface area contributed by atoms with Gasteiger partial charge in [-0.2, -0.15) is 0 Å². The van der Waals surface area contributed by atoms with Crippen LogP contribution in [-0.4, -0.2) is 20.0 Å². The van der Waals surface area contributed by atoms with Gasteiger partial charge in [0, 0.05) is 27.1 Å². The molecule has 0 amide bonds. The molecular formula is C16H34O2. The van der Waals surface area contributed by atoms with Gasteiger partial charge in [-0.05, 0) is 12.8 Å². The van der Waals surface area contributed by atoms with Crippen LogP contribution in [0.3, 0.4) is 0 Å². The number of ether oxygens (including phenoxy) is 2. The summed E-state index contributed by atoms with van der Waals surface area (Å²) in [5, 5.41) is 0. The highest BCUT2D eigenvalue weighted by atomic mass is 16.7. The number of rotatable bonds is 13. The van der Waals surface area contributed by atoms with Crippen molar-refractivity contribution < 1.29 is 9.47 Å². The van der Waals surface area contributed by atoms with E-state index in [-0.39, 0.29) is 5.79 Å². The van der Waals surface area contributed by atoms with Gasteiger partial charge in [-0.3, -0.25) is 0 Å². The van der Waals surface area contributed by atoms with Crippen LogP contribution < -0.4 is 0 Å². The molecule has 0 fully saturated rings. The van der Waals surface area contributed by atoms with Crippen LogP contribution in [0.5, 0.6) is 0 Å². The summed E-state index contributed by atoms with van der Waals surface area (Å²) in [4.78, 5) is 0.